The Morgan fingerprint density at radius 3 is 2.33 bits per heavy atom. The number of hydrogen-bond donors (Lipinski definition) is 3. The summed E-state index contributed by atoms with van der Waals surface area (Å²) in [6.07, 6.45) is 0. The van der Waals surface area contributed by atoms with E-state index >= 15 is 0 Å². The summed E-state index contributed by atoms with van der Waals surface area (Å²) in [4.78, 5) is 8.78. The lowest BCUT2D eigenvalue weighted by molar-refractivity contribution is 0.984. The third-order valence-corrected chi connectivity index (χ3v) is 3.01. The summed E-state index contributed by atoms with van der Waals surface area (Å²) in [6, 6.07) is 8.58. The highest BCUT2D eigenvalue weighted by Crippen LogP contribution is 2.29. The number of nitrogens with zero attached hydrogens (tertiary/aromatic N) is 3. The zero-order valence-electron chi connectivity index (χ0n) is 9.29. The molecule has 0 radical (unpaired) electrons. The van der Waals surface area contributed by atoms with Gasteiger partial charge in [-0.15, -0.1) is 0 Å². The second-order valence-electron chi connectivity index (χ2n) is 3.47. The van der Waals surface area contributed by atoms with E-state index in [2.05, 4.69) is 16.0 Å². The number of aromatic nitrogens is 2. The summed E-state index contributed by atoms with van der Waals surface area (Å²) in [5, 5.41) is 9.42. The Bertz CT molecular complexity index is 614. The van der Waals surface area contributed by atoms with Crippen molar-refractivity contribution < 1.29 is 0 Å². The molecule has 0 aliphatic rings. The predicted molar refractivity (Wildman–Crippen MR) is 70.5 cm³/mol. The van der Waals surface area contributed by atoms with Crippen LogP contribution in [0.25, 0.3) is 0 Å². The van der Waals surface area contributed by atoms with Gasteiger partial charge in [-0.2, -0.15) is 5.26 Å². The van der Waals surface area contributed by atoms with Gasteiger partial charge in [0.2, 0.25) is 0 Å². The second kappa shape index (κ2) is 4.81. The molecule has 1 aromatic heterocycles. The van der Waals surface area contributed by atoms with Crippen LogP contribution in [0.5, 0.6) is 0 Å². The third kappa shape index (κ3) is 2.61. The topological polar surface area (TPSA) is 128 Å². The molecule has 6 N–H and O–H groups in total. The molecular formula is C11H10N6S. The zero-order chi connectivity index (χ0) is 13.1. The molecule has 0 fully saturated rings. The normalized spacial score (nSPS) is 9.94. The molecule has 7 heteroatoms. The summed E-state index contributed by atoms with van der Waals surface area (Å²) < 4.78 is 0. The summed E-state index contributed by atoms with van der Waals surface area (Å²) in [5.74, 6) is 0.581. The molecule has 0 aliphatic carbocycles. The Morgan fingerprint density at radius 2 is 1.72 bits per heavy atom. The SMILES string of the molecule is N#Cc1cc(N)ccc1Sc1nc(N)cc(N)n1. The number of benzene rings is 1. The molecule has 0 amide bonds. The van der Waals surface area contributed by atoms with Crippen LogP contribution in [-0.4, -0.2) is 9.97 Å². The van der Waals surface area contributed by atoms with E-state index in [0.29, 0.717) is 32.9 Å². The minimum atomic E-state index is 0.291. The number of anilines is 3. The van der Waals surface area contributed by atoms with Crippen molar-refractivity contribution in [2.24, 2.45) is 0 Å². The maximum absolute atomic E-state index is 9.02. The van der Waals surface area contributed by atoms with Crippen molar-refractivity contribution >= 4 is 29.1 Å². The number of nitrogen functional groups attached to an aromatic ring is 3. The van der Waals surface area contributed by atoms with E-state index < -0.39 is 0 Å². The lowest BCUT2D eigenvalue weighted by Crippen LogP contribution is -1.99. The van der Waals surface area contributed by atoms with Crippen LogP contribution in [0.2, 0.25) is 0 Å². The van der Waals surface area contributed by atoms with Crippen LogP contribution in [-0.2, 0) is 0 Å². The van der Waals surface area contributed by atoms with E-state index in [-0.39, 0.29) is 0 Å². The Kier molecular flexibility index (Phi) is 3.21. The van der Waals surface area contributed by atoms with Gasteiger partial charge >= 0.3 is 0 Å². The molecule has 6 nitrogen and oxygen atoms in total. The lowest BCUT2D eigenvalue weighted by atomic mass is 10.2. The molecule has 1 heterocycles. The van der Waals surface area contributed by atoms with Crippen molar-refractivity contribution in [1.82, 2.24) is 9.97 Å². The maximum atomic E-state index is 9.02. The molecule has 18 heavy (non-hydrogen) atoms. The van der Waals surface area contributed by atoms with Crippen molar-refractivity contribution in [3.63, 3.8) is 0 Å². The zero-order valence-corrected chi connectivity index (χ0v) is 10.1. The van der Waals surface area contributed by atoms with Crippen LogP contribution in [0.4, 0.5) is 17.3 Å². The fourth-order valence-corrected chi connectivity index (χ4v) is 2.18. The van der Waals surface area contributed by atoms with E-state index in [4.69, 9.17) is 22.5 Å². The van der Waals surface area contributed by atoms with Gasteiger partial charge < -0.3 is 17.2 Å². The molecular weight excluding hydrogens is 248 g/mol. The van der Waals surface area contributed by atoms with Crippen molar-refractivity contribution in [2.75, 3.05) is 17.2 Å². The van der Waals surface area contributed by atoms with Crippen LogP contribution in [0, 0.1) is 11.3 Å². The monoisotopic (exact) mass is 258 g/mol. The first-order valence-corrected chi connectivity index (χ1v) is 5.77. The van der Waals surface area contributed by atoms with E-state index in [0.717, 1.165) is 0 Å². The van der Waals surface area contributed by atoms with Gasteiger partial charge in [0.25, 0.3) is 0 Å². The van der Waals surface area contributed by atoms with E-state index in [1.54, 1.807) is 18.2 Å². The van der Waals surface area contributed by atoms with Gasteiger partial charge in [0.15, 0.2) is 5.16 Å². The molecule has 2 rings (SSSR count). The predicted octanol–water partition coefficient (Wildman–Crippen LogP) is 1.25. The van der Waals surface area contributed by atoms with Crippen molar-refractivity contribution in [3.05, 3.63) is 29.8 Å². The summed E-state index contributed by atoms with van der Waals surface area (Å²) in [6.45, 7) is 0. The van der Waals surface area contributed by atoms with E-state index in [1.807, 2.05) is 0 Å². The Labute approximate surface area is 108 Å². The van der Waals surface area contributed by atoms with Gasteiger partial charge in [0, 0.05) is 16.6 Å². The number of rotatable bonds is 2. The molecule has 0 spiro atoms. The van der Waals surface area contributed by atoms with Crippen LogP contribution in [0.1, 0.15) is 5.56 Å². The lowest BCUT2D eigenvalue weighted by Gasteiger charge is -2.05. The molecule has 1 aromatic carbocycles. The quantitative estimate of drug-likeness (QED) is 0.546. The van der Waals surface area contributed by atoms with Crippen LogP contribution in [0.15, 0.2) is 34.3 Å². The molecule has 0 atom stereocenters. The fourth-order valence-electron chi connectivity index (χ4n) is 1.33. The first-order chi connectivity index (χ1) is 8.58. The molecule has 0 bridgehead atoms. The highest BCUT2D eigenvalue weighted by atomic mass is 32.2. The van der Waals surface area contributed by atoms with Gasteiger partial charge in [0.05, 0.1) is 5.56 Å². The van der Waals surface area contributed by atoms with Gasteiger partial charge in [-0.25, -0.2) is 9.97 Å². The molecule has 0 unspecified atom stereocenters. The van der Waals surface area contributed by atoms with E-state index in [9.17, 15) is 0 Å². The highest BCUT2D eigenvalue weighted by molar-refractivity contribution is 7.99. The maximum Gasteiger partial charge on any atom is 0.196 e. The number of nitrogens with two attached hydrogens (primary N) is 3. The first-order valence-electron chi connectivity index (χ1n) is 4.96. The summed E-state index contributed by atoms with van der Waals surface area (Å²) in [5.41, 5.74) is 17.8. The average Bonchev–Trinajstić information content (AvgIpc) is 2.30. The molecule has 0 saturated heterocycles. The number of nitriles is 1. The van der Waals surface area contributed by atoms with Crippen LogP contribution < -0.4 is 17.2 Å². The highest BCUT2D eigenvalue weighted by Gasteiger charge is 2.08. The Morgan fingerprint density at radius 1 is 1.06 bits per heavy atom. The van der Waals surface area contributed by atoms with Gasteiger partial charge in [-0.05, 0) is 30.0 Å². The fraction of sp³-hybridized carbons (Fsp3) is 0. The Balaban J connectivity index is 2.37. The van der Waals surface area contributed by atoms with Crippen molar-refractivity contribution in [1.29, 1.82) is 5.26 Å². The first kappa shape index (κ1) is 12.0. The minimum Gasteiger partial charge on any atom is -0.399 e. The van der Waals surface area contributed by atoms with Gasteiger partial charge in [-0.3, -0.25) is 0 Å². The van der Waals surface area contributed by atoms with Crippen molar-refractivity contribution in [2.45, 2.75) is 10.1 Å². The van der Waals surface area contributed by atoms with Crippen LogP contribution >= 0.6 is 11.8 Å². The smallest absolute Gasteiger partial charge is 0.196 e. The number of hydrogen-bond acceptors (Lipinski definition) is 7. The van der Waals surface area contributed by atoms with Crippen molar-refractivity contribution in [3.8, 4) is 6.07 Å². The molecule has 0 aliphatic heterocycles. The average molecular weight is 258 g/mol. The van der Waals surface area contributed by atoms with Crippen LogP contribution in [0.3, 0.4) is 0 Å². The molecule has 0 saturated carbocycles. The minimum absolute atomic E-state index is 0.291. The largest absolute Gasteiger partial charge is 0.399 e. The third-order valence-electron chi connectivity index (χ3n) is 2.07. The summed E-state index contributed by atoms with van der Waals surface area (Å²) in [7, 11) is 0. The van der Waals surface area contributed by atoms with E-state index in [1.165, 1.54) is 17.8 Å². The summed E-state index contributed by atoms with van der Waals surface area (Å²) >= 11 is 1.22. The Hall–Kier alpha value is -2.46. The molecule has 90 valence electrons. The second-order valence-corrected chi connectivity index (χ2v) is 4.48. The standard InChI is InChI=1S/C11H10N6S/c12-5-6-3-7(13)1-2-8(6)18-11-16-9(14)4-10(15)17-11/h1-4H,13H2,(H4,14,15,16,17). The molecule has 2 aromatic rings. The van der Waals surface area contributed by atoms with Gasteiger partial charge in [-0.1, -0.05) is 0 Å². The van der Waals surface area contributed by atoms with Gasteiger partial charge in [0.1, 0.15) is 17.7 Å².